The highest BCUT2D eigenvalue weighted by Gasteiger charge is 2.27. The number of pyridine rings is 1. The quantitative estimate of drug-likeness (QED) is 0.871. The molecule has 1 aliphatic carbocycles. The van der Waals surface area contributed by atoms with Crippen LogP contribution in [0.5, 0.6) is 0 Å². The smallest absolute Gasteiger partial charge is 0.0749 e. The Labute approximate surface area is 127 Å². The summed E-state index contributed by atoms with van der Waals surface area (Å²) in [4.78, 5) is 4.56. The first-order valence-corrected chi connectivity index (χ1v) is 8.38. The van der Waals surface area contributed by atoms with Crippen LogP contribution in [0.2, 0.25) is 0 Å². The Balaban J connectivity index is 1.77. The van der Waals surface area contributed by atoms with E-state index < -0.39 is 0 Å². The van der Waals surface area contributed by atoms with Gasteiger partial charge in [-0.3, -0.25) is 4.98 Å². The SMILES string of the molecule is CCCC1CCC(C(N)c2cccc3cccnc23)CC1. The van der Waals surface area contributed by atoms with Gasteiger partial charge < -0.3 is 5.73 Å². The Morgan fingerprint density at radius 3 is 2.67 bits per heavy atom. The second kappa shape index (κ2) is 6.57. The van der Waals surface area contributed by atoms with Crippen molar-refractivity contribution in [1.29, 1.82) is 0 Å². The predicted octanol–water partition coefficient (Wildman–Crippen LogP) is 4.84. The van der Waals surface area contributed by atoms with Crippen LogP contribution in [0.15, 0.2) is 36.5 Å². The fourth-order valence-electron chi connectivity index (χ4n) is 3.90. The zero-order valence-electron chi connectivity index (χ0n) is 13.0. The van der Waals surface area contributed by atoms with Gasteiger partial charge in [0, 0.05) is 17.6 Å². The molecule has 3 rings (SSSR count). The molecule has 1 aromatic heterocycles. The van der Waals surface area contributed by atoms with Crippen LogP contribution in [0.1, 0.15) is 57.1 Å². The molecule has 0 saturated heterocycles. The number of benzene rings is 1. The summed E-state index contributed by atoms with van der Waals surface area (Å²) in [5.41, 5.74) is 8.93. The lowest BCUT2D eigenvalue weighted by Crippen LogP contribution is -2.26. The fourth-order valence-corrected chi connectivity index (χ4v) is 3.90. The van der Waals surface area contributed by atoms with E-state index in [9.17, 15) is 0 Å². The van der Waals surface area contributed by atoms with E-state index in [1.807, 2.05) is 12.3 Å². The van der Waals surface area contributed by atoms with Gasteiger partial charge in [-0.1, -0.05) is 56.9 Å². The summed E-state index contributed by atoms with van der Waals surface area (Å²) in [5, 5.41) is 1.20. The highest BCUT2D eigenvalue weighted by molar-refractivity contribution is 5.82. The van der Waals surface area contributed by atoms with E-state index in [1.54, 1.807) is 0 Å². The van der Waals surface area contributed by atoms with Gasteiger partial charge in [-0.05, 0) is 36.3 Å². The summed E-state index contributed by atoms with van der Waals surface area (Å²) in [7, 11) is 0. The van der Waals surface area contributed by atoms with Gasteiger partial charge in [0.25, 0.3) is 0 Å². The summed E-state index contributed by atoms with van der Waals surface area (Å²) in [6.07, 6.45) is 9.82. The maximum absolute atomic E-state index is 6.62. The predicted molar refractivity (Wildman–Crippen MR) is 89.0 cm³/mol. The molecule has 0 radical (unpaired) electrons. The van der Waals surface area contributed by atoms with Crippen LogP contribution in [-0.2, 0) is 0 Å². The van der Waals surface area contributed by atoms with Gasteiger partial charge in [0.15, 0.2) is 0 Å². The second-order valence-electron chi connectivity index (χ2n) is 6.52. The van der Waals surface area contributed by atoms with Crippen LogP contribution >= 0.6 is 0 Å². The topological polar surface area (TPSA) is 38.9 Å². The van der Waals surface area contributed by atoms with Crippen LogP contribution in [-0.4, -0.2) is 4.98 Å². The largest absolute Gasteiger partial charge is 0.324 e. The number of nitrogens with zero attached hydrogens (tertiary/aromatic N) is 1. The number of hydrogen-bond acceptors (Lipinski definition) is 2. The van der Waals surface area contributed by atoms with E-state index in [-0.39, 0.29) is 6.04 Å². The van der Waals surface area contributed by atoms with Crippen molar-refractivity contribution in [2.24, 2.45) is 17.6 Å². The van der Waals surface area contributed by atoms with Gasteiger partial charge >= 0.3 is 0 Å². The van der Waals surface area contributed by atoms with Crippen LogP contribution in [0, 0.1) is 11.8 Å². The third kappa shape index (κ3) is 3.11. The molecular formula is C19H26N2. The highest BCUT2D eigenvalue weighted by Crippen LogP contribution is 2.38. The number of para-hydroxylation sites is 1. The first-order valence-electron chi connectivity index (χ1n) is 8.38. The molecule has 1 fully saturated rings. The lowest BCUT2D eigenvalue weighted by molar-refractivity contribution is 0.235. The van der Waals surface area contributed by atoms with Gasteiger partial charge in [-0.2, -0.15) is 0 Å². The van der Waals surface area contributed by atoms with Crippen LogP contribution < -0.4 is 5.73 Å². The molecule has 1 heterocycles. The molecule has 1 atom stereocenters. The van der Waals surface area contributed by atoms with Crippen LogP contribution in [0.25, 0.3) is 10.9 Å². The van der Waals surface area contributed by atoms with Crippen molar-refractivity contribution in [2.75, 3.05) is 0 Å². The van der Waals surface area contributed by atoms with Crippen molar-refractivity contribution in [3.8, 4) is 0 Å². The molecule has 0 spiro atoms. The molecule has 21 heavy (non-hydrogen) atoms. The number of aromatic nitrogens is 1. The second-order valence-corrected chi connectivity index (χ2v) is 6.52. The molecule has 2 nitrogen and oxygen atoms in total. The van der Waals surface area contributed by atoms with Gasteiger partial charge in [-0.25, -0.2) is 0 Å². The molecule has 2 aromatic rings. The maximum atomic E-state index is 6.62. The van der Waals surface area contributed by atoms with Crippen molar-refractivity contribution >= 4 is 10.9 Å². The number of nitrogens with two attached hydrogens (primary N) is 1. The molecule has 112 valence electrons. The molecule has 1 aromatic carbocycles. The van der Waals surface area contributed by atoms with E-state index in [0.717, 1.165) is 11.4 Å². The molecular weight excluding hydrogens is 256 g/mol. The normalized spacial score (nSPS) is 24.1. The third-order valence-electron chi connectivity index (χ3n) is 5.12. The zero-order chi connectivity index (χ0) is 14.7. The third-order valence-corrected chi connectivity index (χ3v) is 5.12. The maximum Gasteiger partial charge on any atom is 0.0749 e. The van der Waals surface area contributed by atoms with Crippen molar-refractivity contribution in [2.45, 2.75) is 51.5 Å². The van der Waals surface area contributed by atoms with Crippen molar-refractivity contribution in [3.05, 3.63) is 42.1 Å². The van der Waals surface area contributed by atoms with E-state index in [0.29, 0.717) is 5.92 Å². The number of rotatable bonds is 4. The molecule has 0 aliphatic heterocycles. The Bertz CT molecular complexity index is 580. The Hall–Kier alpha value is -1.41. The molecule has 0 bridgehead atoms. The Morgan fingerprint density at radius 1 is 1.14 bits per heavy atom. The molecule has 1 saturated carbocycles. The van der Waals surface area contributed by atoms with Crippen LogP contribution in [0.3, 0.4) is 0 Å². The molecule has 1 aliphatic rings. The summed E-state index contributed by atoms with van der Waals surface area (Å²) in [5.74, 6) is 1.55. The summed E-state index contributed by atoms with van der Waals surface area (Å²) in [6.45, 7) is 2.29. The Morgan fingerprint density at radius 2 is 1.90 bits per heavy atom. The minimum absolute atomic E-state index is 0.131. The summed E-state index contributed by atoms with van der Waals surface area (Å²) in [6, 6.07) is 10.6. The minimum Gasteiger partial charge on any atom is -0.324 e. The summed E-state index contributed by atoms with van der Waals surface area (Å²) < 4.78 is 0. The highest BCUT2D eigenvalue weighted by atomic mass is 14.7. The first-order chi connectivity index (χ1) is 10.3. The number of hydrogen-bond donors (Lipinski definition) is 1. The molecule has 0 amide bonds. The lowest BCUT2D eigenvalue weighted by atomic mass is 9.75. The average Bonchev–Trinajstić information content (AvgIpc) is 2.55. The van der Waals surface area contributed by atoms with Gasteiger partial charge in [0.1, 0.15) is 0 Å². The fraction of sp³-hybridized carbons (Fsp3) is 0.526. The monoisotopic (exact) mass is 282 g/mol. The van der Waals surface area contributed by atoms with E-state index >= 15 is 0 Å². The van der Waals surface area contributed by atoms with E-state index in [2.05, 4.69) is 36.2 Å². The standard InChI is InChI=1S/C19H26N2/c1-2-5-14-9-11-15(12-10-14)18(20)17-8-3-6-16-7-4-13-21-19(16)17/h3-4,6-8,13-15,18H,2,5,9-12,20H2,1H3. The zero-order valence-corrected chi connectivity index (χ0v) is 13.0. The Kier molecular flexibility index (Phi) is 4.54. The van der Waals surface area contributed by atoms with Gasteiger partial charge in [0.2, 0.25) is 0 Å². The summed E-state index contributed by atoms with van der Waals surface area (Å²) >= 11 is 0. The van der Waals surface area contributed by atoms with Crippen molar-refractivity contribution in [3.63, 3.8) is 0 Å². The van der Waals surface area contributed by atoms with Crippen LogP contribution in [0.4, 0.5) is 0 Å². The molecule has 2 heteroatoms. The first kappa shape index (κ1) is 14.5. The number of fused-ring (bicyclic) bond motifs is 1. The van der Waals surface area contributed by atoms with Crippen molar-refractivity contribution in [1.82, 2.24) is 4.98 Å². The molecule has 2 N–H and O–H groups in total. The van der Waals surface area contributed by atoms with Crippen molar-refractivity contribution < 1.29 is 0 Å². The van der Waals surface area contributed by atoms with E-state index in [4.69, 9.17) is 5.73 Å². The lowest BCUT2D eigenvalue weighted by Gasteiger charge is -2.32. The minimum atomic E-state index is 0.131. The van der Waals surface area contributed by atoms with E-state index in [1.165, 1.54) is 49.5 Å². The van der Waals surface area contributed by atoms with Gasteiger partial charge in [0.05, 0.1) is 5.52 Å². The van der Waals surface area contributed by atoms with Gasteiger partial charge in [-0.15, -0.1) is 0 Å². The average molecular weight is 282 g/mol. The molecule has 1 unspecified atom stereocenters.